The first-order valence-electron chi connectivity index (χ1n) is 5.76. The van der Waals surface area contributed by atoms with Crippen LogP contribution in [0.1, 0.15) is 16.1 Å². The minimum Gasteiger partial charge on any atom is -0.392 e. The minimum atomic E-state index is -0.895. The van der Waals surface area contributed by atoms with Crippen LogP contribution in [0.15, 0.2) is 23.0 Å². The van der Waals surface area contributed by atoms with Gasteiger partial charge in [-0.15, -0.1) is 11.3 Å². The van der Waals surface area contributed by atoms with Gasteiger partial charge in [0, 0.05) is 18.5 Å². The molecule has 1 aromatic heterocycles. The third kappa shape index (κ3) is 2.97. The number of amides is 1. The highest BCUT2D eigenvalue weighted by molar-refractivity contribution is 7.07. The summed E-state index contributed by atoms with van der Waals surface area (Å²) >= 11 is 1.36. The molecule has 0 radical (unpaired) electrons. The lowest BCUT2D eigenvalue weighted by Gasteiger charge is -2.17. The molecule has 9 heteroatoms. The molecule has 1 amide bonds. The maximum Gasteiger partial charge on any atom is 0.293 e. The lowest BCUT2D eigenvalue weighted by atomic mass is 10.1. The van der Waals surface area contributed by atoms with E-state index in [1.54, 1.807) is 10.9 Å². The summed E-state index contributed by atoms with van der Waals surface area (Å²) in [4.78, 5) is 27.5. The van der Waals surface area contributed by atoms with Crippen molar-refractivity contribution in [2.24, 2.45) is 0 Å². The third-order valence-electron chi connectivity index (χ3n) is 2.81. The third-order valence-corrected chi connectivity index (χ3v) is 3.45. The van der Waals surface area contributed by atoms with Gasteiger partial charge in [-0.1, -0.05) is 0 Å². The van der Waals surface area contributed by atoms with E-state index in [4.69, 9.17) is 5.73 Å². The molecule has 2 aromatic rings. The van der Waals surface area contributed by atoms with Gasteiger partial charge in [-0.3, -0.25) is 14.9 Å². The Morgan fingerprint density at radius 3 is 2.86 bits per heavy atom. The van der Waals surface area contributed by atoms with Gasteiger partial charge >= 0.3 is 0 Å². The average molecular weight is 310 g/mol. The smallest absolute Gasteiger partial charge is 0.293 e. The number of nitrogens with zero attached hydrogens (tertiary/aromatic N) is 3. The van der Waals surface area contributed by atoms with Gasteiger partial charge < -0.3 is 10.6 Å². The summed E-state index contributed by atoms with van der Waals surface area (Å²) in [5.74, 6) is -1.63. The van der Waals surface area contributed by atoms with Gasteiger partial charge in [0.2, 0.25) is 0 Å². The van der Waals surface area contributed by atoms with Gasteiger partial charge in [0.15, 0.2) is 0 Å². The van der Waals surface area contributed by atoms with Gasteiger partial charge in [-0.05, 0) is 6.07 Å². The van der Waals surface area contributed by atoms with E-state index in [9.17, 15) is 19.3 Å². The highest BCUT2D eigenvalue weighted by atomic mass is 32.1. The molecular formula is C12H11FN4O3S. The SMILES string of the molecule is CN(Cc1cscn1)C(=O)c1c(F)ccc([N+](=O)[O-])c1N. The first-order valence-corrected chi connectivity index (χ1v) is 6.71. The van der Waals surface area contributed by atoms with Crippen molar-refractivity contribution >= 4 is 28.6 Å². The second-order valence-corrected chi connectivity index (χ2v) is 4.97. The maximum atomic E-state index is 13.8. The second-order valence-electron chi connectivity index (χ2n) is 4.25. The lowest BCUT2D eigenvalue weighted by molar-refractivity contribution is -0.384. The van der Waals surface area contributed by atoms with Crippen LogP contribution < -0.4 is 5.73 Å². The number of aromatic nitrogens is 1. The number of carbonyl (C=O) groups excluding carboxylic acids is 1. The van der Waals surface area contributed by atoms with E-state index in [0.717, 1.165) is 12.1 Å². The van der Waals surface area contributed by atoms with Crippen molar-refractivity contribution in [2.45, 2.75) is 6.54 Å². The van der Waals surface area contributed by atoms with Crippen LogP contribution in [0.3, 0.4) is 0 Å². The van der Waals surface area contributed by atoms with Gasteiger partial charge in [0.25, 0.3) is 11.6 Å². The summed E-state index contributed by atoms with van der Waals surface area (Å²) in [5, 5.41) is 12.6. The van der Waals surface area contributed by atoms with Crippen molar-refractivity contribution in [3.8, 4) is 0 Å². The van der Waals surface area contributed by atoms with Crippen LogP contribution in [-0.4, -0.2) is 27.8 Å². The number of rotatable bonds is 4. The monoisotopic (exact) mass is 310 g/mol. The quantitative estimate of drug-likeness (QED) is 0.529. The number of carbonyl (C=O) groups is 1. The Balaban J connectivity index is 2.34. The number of thiazole rings is 1. The zero-order chi connectivity index (χ0) is 15.6. The molecule has 7 nitrogen and oxygen atoms in total. The number of nitrogens with two attached hydrogens (primary N) is 1. The fraction of sp³-hybridized carbons (Fsp3) is 0.167. The number of hydrogen-bond donors (Lipinski definition) is 1. The number of benzene rings is 1. The van der Waals surface area contributed by atoms with Crippen LogP contribution >= 0.6 is 11.3 Å². The van der Waals surface area contributed by atoms with Crippen LogP contribution in [0.25, 0.3) is 0 Å². The molecule has 1 aromatic carbocycles. The number of halogens is 1. The van der Waals surface area contributed by atoms with Crippen LogP contribution in [-0.2, 0) is 6.54 Å². The molecule has 0 aliphatic heterocycles. The van der Waals surface area contributed by atoms with Crippen LogP contribution in [0, 0.1) is 15.9 Å². The lowest BCUT2D eigenvalue weighted by Crippen LogP contribution is -2.28. The molecule has 0 saturated heterocycles. The molecule has 0 aliphatic carbocycles. The molecule has 0 spiro atoms. The Kier molecular flexibility index (Phi) is 4.13. The standard InChI is InChI=1S/C12H11FN4O3S/c1-16(4-7-5-21-6-15-7)12(18)10-8(13)2-3-9(11(10)14)17(19)20/h2-3,5-6H,4,14H2,1H3. The molecule has 2 N–H and O–H groups in total. The first-order chi connectivity index (χ1) is 9.91. The molecule has 0 aliphatic rings. The number of nitro groups is 1. The Labute approximate surface area is 123 Å². The van der Waals surface area contributed by atoms with E-state index >= 15 is 0 Å². The normalized spacial score (nSPS) is 10.4. The molecule has 0 atom stereocenters. The summed E-state index contributed by atoms with van der Waals surface area (Å²) in [7, 11) is 1.44. The Morgan fingerprint density at radius 1 is 1.57 bits per heavy atom. The van der Waals surface area contributed by atoms with Gasteiger partial charge in [0.1, 0.15) is 17.1 Å². The van der Waals surface area contributed by atoms with E-state index in [1.165, 1.54) is 23.3 Å². The molecule has 1 heterocycles. The Bertz CT molecular complexity index is 690. The molecular weight excluding hydrogens is 299 g/mol. The van der Waals surface area contributed by atoms with Crippen molar-refractivity contribution in [1.82, 2.24) is 9.88 Å². The fourth-order valence-corrected chi connectivity index (χ4v) is 2.33. The maximum absolute atomic E-state index is 13.8. The zero-order valence-electron chi connectivity index (χ0n) is 10.9. The second kappa shape index (κ2) is 5.83. The molecule has 2 rings (SSSR count). The Hall–Kier alpha value is -2.55. The molecule has 110 valence electrons. The van der Waals surface area contributed by atoms with E-state index in [2.05, 4.69) is 4.98 Å². The molecule has 0 fully saturated rings. The Morgan fingerprint density at radius 2 is 2.29 bits per heavy atom. The fourth-order valence-electron chi connectivity index (χ4n) is 1.78. The number of nitrogen functional groups attached to an aromatic ring is 1. The molecule has 0 saturated carbocycles. The van der Waals surface area contributed by atoms with Crippen molar-refractivity contribution in [3.05, 3.63) is 50.2 Å². The highest BCUT2D eigenvalue weighted by Gasteiger charge is 2.26. The van der Waals surface area contributed by atoms with E-state index in [0.29, 0.717) is 5.69 Å². The summed E-state index contributed by atoms with van der Waals surface area (Å²) in [6.07, 6.45) is 0. The first kappa shape index (κ1) is 14.9. The summed E-state index contributed by atoms with van der Waals surface area (Å²) in [6.45, 7) is 0.157. The minimum absolute atomic E-state index is 0.157. The van der Waals surface area contributed by atoms with Gasteiger partial charge in [0.05, 0.1) is 22.7 Å². The summed E-state index contributed by atoms with van der Waals surface area (Å²) in [5.41, 5.74) is 6.33. The number of nitro benzene ring substituents is 1. The van der Waals surface area contributed by atoms with Crippen molar-refractivity contribution in [2.75, 3.05) is 12.8 Å². The van der Waals surface area contributed by atoms with E-state index in [1.807, 2.05) is 0 Å². The average Bonchev–Trinajstić information content (AvgIpc) is 2.90. The zero-order valence-corrected chi connectivity index (χ0v) is 11.8. The molecule has 0 bridgehead atoms. The number of hydrogen-bond acceptors (Lipinski definition) is 6. The van der Waals surface area contributed by atoms with Gasteiger partial charge in [-0.2, -0.15) is 0 Å². The molecule has 0 unspecified atom stereocenters. The van der Waals surface area contributed by atoms with Crippen LogP contribution in [0.2, 0.25) is 0 Å². The van der Waals surface area contributed by atoms with E-state index in [-0.39, 0.29) is 6.54 Å². The van der Waals surface area contributed by atoms with Gasteiger partial charge in [-0.25, -0.2) is 9.37 Å². The summed E-state index contributed by atoms with van der Waals surface area (Å²) in [6, 6.07) is 1.79. The predicted octanol–water partition coefficient (Wildman–Crippen LogP) is 2.04. The van der Waals surface area contributed by atoms with Crippen LogP contribution in [0.5, 0.6) is 0 Å². The topological polar surface area (TPSA) is 102 Å². The van der Waals surface area contributed by atoms with Crippen molar-refractivity contribution < 1.29 is 14.1 Å². The predicted molar refractivity (Wildman–Crippen MR) is 75.4 cm³/mol. The van der Waals surface area contributed by atoms with Crippen molar-refractivity contribution in [3.63, 3.8) is 0 Å². The molecule has 21 heavy (non-hydrogen) atoms. The largest absolute Gasteiger partial charge is 0.392 e. The number of anilines is 1. The van der Waals surface area contributed by atoms with Crippen molar-refractivity contribution in [1.29, 1.82) is 0 Å². The highest BCUT2D eigenvalue weighted by Crippen LogP contribution is 2.28. The van der Waals surface area contributed by atoms with E-state index < -0.39 is 33.6 Å². The van der Waals surface area contributed by atoms with Crippen LogP contribution in [0.4, 0.5) is 15.8 Å². The summed E-state index contributed by atoms with van der Waals surface area (Å²) < 4.78 is 13.8.